The summed E-state index contributed by atoms with van der Waals surface area (Å²) in [5, 5.41) is 12.7. The number of rotatable bonds is 6. The molecule has 0 aromatic heterocycles. The zero-order valence-electron chi connectivity index (χ0n) is 9.58. The molecule has 2 atom stereocenters. The van der Waals surface area contributed by atoms with Crippen LogP contribution in [0.3, 0.4) is 0 Å². The van der Waals surface area contributed by atoms with Gasteiger partial charge >= 0.3 is 5.97 Å². The SMILES string of the molecule is CCCCSC1CCC(NC)(C(=O)O)C1. The number of nitrogens with one attached hydrogen (secondary N) is 1. The lowest BCUT2D eigenvalue weighted by atomic mass is 9.99. The van der Waals surface area contributed by atoms with Crippen LogP contribution in [0.2, 0.25) is 0 Å². The summed E-state index contributed by atoms with van der Waals surface area (Å²) in [5.41, 5.74) is -0.649. The summed E-state index contributed by atoms with van der Waals surface area (Å²) >= 11 is 1.94. The van der Waals surface area contributed by atoms with Crippen molar-refractivity contribution in [3.05, 3.63) is 0 Å². The normalized spacial score (nSPS) is 30.7. The number of likely N-dealkylation sites (N-methyl/N-ethyl adjacent to an activating group) is 1. The average Bonchev–Trinajstić information content (AvgIpc) is 2.63. The Bertz CT molecular complexity index is 223. The minimum absolute atomic E-state index is 0.528. The number of carboxylic acid groups (broad SMARTS) is 1. The molecule has 0 saturated heterocycles. The van der Waals surface area contributed by atoms with Crippen molar-refractivity contribution in [3.8, 4) is 0 Å². The van der Waals surface area contributed by atoms with Crippen LogP contribution in [0, 0.1) is 0 Å². The maximum absolute atomic E-state index is 11.2. The van der Waals surface area contributed by atoms with Gasteiger partial charge in [-0.2, -0.15) is 11.8 Å². The maximum atomic E-state index is 11.2. The highest BCUT2D eigenvalue weighted by atomic mass is 32.2. The smallest absolute Gasteiger partial charge is 0.323 e. The van der Waals surface area contributed by atoms with Gasteiger partial charge < -0.3 is 10.4 Å². The standard InChI is InChI=1S/C11H21NO2S/c1-3-4-7-15-9-5-6-11(8-9,12-2)10(13)14/h9,12H,3-8H2,1-2H3,(H,13,14). The minimum atomic E-state index is -0.691. The van der Waals surface area contributed by atoms with Gasteiger partial charge in [-0.05, 0) is 38.5 Å². The van der Waals surface area contributed by atoms with Gasteiger partial charge in [0.2, 0.25) is 0 Å². The third-order valence-corrected chi connectivity index (χ3v) is 4.61. The summed E-state index contributed by atoms with van der Waals surface area (Å²) in [7, 11) is 1.76. The lowest BCUT2D eigenvalue weighted by Gasteiger charge is -2.23. The lowest BCUT2D eigenvalue weighted by Crippen LogP contribution is -2.48. The number of hydrogen-bond donors (Lipinski definition) is 2. The summed E-state index contributed by atoms with van der Waals surface area (Å²) in [6.45, 7) is 2.18. The largest absolute Gasteiger partial charge is 0.480 e. The second-order valence-electron chi connectivity index (χ2n) is 4.23. The van der Waals surface area contributed by atoms with Crippen LogP contribution in [0.5, 0.6) is 0 Å². The molecule has 3 nitrogen and oxygen atoms in total. The fourth-order valence-electron chi connectivity index (χ4n) is 2.07. The first-order valence-electron chi connectivity index (χ1n) is 5.68. The molecule has 0 heterocycles. The van der Waals surface area contributed by atoms with Gasteiger partial charge in [-0.3, -0.25) is 4.79 Å². The highest BCUT2D eigenvalue weighted by molar-refractivity contribution is 7.99. The van der Waals surface area contributed by atoms with Crippen molar-refractivity contribution in [2.45, 2.75) is 49.8 Å². The monoisotopic (exact) mass is 231 g/mol. The summed E-state index contributed by atoms with van der Waals surface area (Å²) in [6, 6.07) is 0. The van der Waals surface area contributed by atoms with E-state index in [9.17, 15) is 9.90 Å². The van der Waals surface area contributed by atoms with Crippen molar-refractivity contribution < 1.29 is 9.90 Å². The Morgan fingerprint density at radius 3 is 2.87 bits per heavy atom. The molecular weight excluding hydrogens is 210 g/mol. The van der Waals surface area contributed by atoms with Gasteiger partial charge in [0.15, 0.2) is 0 Å². The van der Waals surface area contributed by atoms with Crippen LogP contribution in [0.1, 0.15) is 39.0 Å². The Kier molecular flexibility index (Phi) is 4.93. The fraction of sp³-hybridized carbons (Fsp3) is 0.909. The van der Waals surface area contributed by atoms with E-state index in [1.54, 1.807) is 7.05 Å². The quantitative estimate of drug-likeness (QED) is 0.687. The van der Waals surface area contributed by atoms with Gasteiger partial charge in [-0.25, -0.2) is 0 Å². The van der Waals surface area contributed by atoms with Crippen molar-refractivity contribution in [1.82, 2.24) is 5.32 Å². The van der Waals surface area contributed by atoms with Crippen molar-refractivity contribution in [3.63, 3.8) is 0 Å². The van der Waals surface area contributed by atoms with E-state index < -0.39 is 11.5 Å². The van der Waals surface area contributed by atoms with E-state index in [0.29, 0.717) is 5.25 Å². The first-order valence-corrected chi connectivity index (χ1v) is 6.73. The molecule has 4 heteroatoms. The first kappa shape index (κ1) is 12.8. The Hall–Kier alpha value is -0.220. The molecule has 0 aromatic rings. The number of hydrogen-bond acceptors (Lipinski definition) is 3. The van der Waals surface area contributed by atoms with Crippen molar-refractivity contribution >= 4 is 17.7 Å². The number of unbranched alkanes of at least 4 members (excludes halogenated alkanes) is 1. The topological polar surface area (TPSA) is 49.3 Å². The van der Waals surface area contributed by atoms with Crippen LogP contribution < -0.4 is 5.32 Å². The van der Waals surface area contributed by atoms with Crippen molar-refractivity contribution in [2.24, 2.45) is 0 Å². The molecule has 15 heavy (non-hydrogen) atoms. The molecule has 2 unspecified atom stereocenters. The highest BCUT2D eigenvalue weighted by Gasteiger charge is 2.44. The number of carbonyl (C=O) groups is 1. The lowest BCUT2D eigenvalue weighted by molar-refractivity contribution is -0.144. The van der Waals surface area contributed by atoms with Crippen LogP contribution >= 0.6 is 11.8 Å². The summed E-state index contributed by atoms with van der Waals surface area (Å²) < 4.78 is 0. The molecule has 2 N–H and O–H groups in total. The number of thioether (sulfide) groups is 1. The predicted molar refractivity (Wildman–Crippen MR) is 64.4 cm³/mol. The third-order valence-electron chi connectivity index (χ3n) is 3.21. The second kappa shape index (κ2) is 5.75. The zero-order valence-corrected chi connectivity index (χ0v) is 10.4. The van der Waals surface area contributed by atoms with Crippen LogP contribution in [-0.2, 0) is 4.79 Å². The molecule has 1 rings (SSSR count). The molecule has 1 aliphatic carbocycles. The van der Waals surface area contributed by atoms with Gasteiger partial charge in [0.1, 0.15) is 5.54 Å². The Labute approximate surface area is 96.0 Å². The molecule has 0 aliphatic heterocycles. The van der Waals surface area contributed by atoms with E-state index in [2.05, 4.69) is 12.2 Å². The molecule has 0 radical (unpaired) electrons. The first-order chi connectivity index (χ1) is 7.14. The zero-order chi connectivity index (χ0) is 11.3. The van der Waals surface area contributed by atoms with Gasteiger partial charge in [0.05, 0.1) is 0 Å². The van der Waals surface area contributed by atoms with Gasteiger partial charge in [0, 0.05) is 5.25 Å². The molecule has 0 aromatic carbocycles. The molecule has 88 valence electrons. The number of carboxylic acids is 1. The highest BCUT2D eigenvalue weighted by Crippen LogP contribution is 2.37. The summed E-state index contributed by atoms with van der Waals surface area (Å²) in [6.07, 6.45) is 5.02. The van der Waals surface area contributed by atoms with Gasteiger partial charge in [-0.15, -0.1) is 0 Å². The molecule has 0 bridgehead atoms. The molecule has 0 amide bonds. The van der Waals surface area contributed by atoms with E-state index in [1.165, 1.54) is 18.6 Å². The van der Waals surface area contributed by atoms with Crippen molar-refractivity contribution in [1.29, 1.82) is 0 Å². The summed E-state index contributed by atoms with van der Waals surface area (Å²) in [4.78, 5) is 11.2. The predicted octanol–water partition coefficient (Wildman–Crippen LogP) is 2.11. The Balaban J connectivity index is 2.39. The van der Waals surface area contributed by atoms with Gasteiger partial charge in [-0.1, -0.05) is 13.3 Å². The second-order valence-corrected chi connectivity index (χ2v) is 5.63. The number of aliphatic carboxylic acids is 1. The van der Waals surface area contributed by atoms with Crippen molar-refractivity contribution in [2.75, 3.05) is 12.8 Å². The molecule has 0 spiro atoms. The van der Waals surface area contributed by atoms with E-state index in [0.717, 1.165) is 19.3 Å². The van der Waals surface area contributed by atoms with Gasteiger partial charge in [0.25, 0.3) is 0 Å². The Morgan fingerprint density at radius 2 is 2.40 bits per heavy atom. The van der Waals surface area contributed by atoms with Crippen LogP contribution in [0.25, 0.3) is 0 Å². The molecule has 1 saturated carbocycles. The van der Waals surface area contributed by atoms with E-state index >= 15 is 0 Å². The van der Waals surface area contributed by atoms with Crippen LogP contribution in [0.15, 0.2) is 0 Å². The Morgan fingerprint density at radius 1 is 1.67 bits per heavy atom. The average molecular weight is 231 g/mol. The van der Waals surface area contributed by atoms with Crippen LogP contribution in [0.4, 0.5) is 0 Å². The molecule has 1 fully saturated rings. The van der Waals surface area contributed by atoms with E-state index in [4.69, 9.17) is 0 Å². The van der Waals surface area contributed by atoms with Crippen LogP contribution in [-0.4, -0.2) is 34.7 Å². The van der Waals surface area contributed by atoms with E-state index in [-0.39, 0.29) is 0 Å². The molecule has 1 aliphatic rings. The third kappa shape index (κ3) is 3.11. The molecular formula is C11H21NO2S. The van der Waals surface area contributed by atoms with E-state index in [1.807, 2.05) is 11.8 Å². The fourth-order valence-corrected chi connectivity index (χ4v) is 3.54. The maximum Gasteiger partial charge on any atom is 0.323 e. The summed E-state index contributed by atoms with van der Waals surface area (Å²) in [5.74, 6) is 0.476. The minimum Gasteiger partial charge on any atom is -0.480 e.